The van der Waals surface area contributed by atoms with Gasteiger partial charge in [-0.25, -0.2) is 4.98 Å². The molecule has 96 valence electrons. The zero-order valence-electron chi connectivity index (χ0n) is 10.8. The molecule has 1 heterocycles. The van der Waals surface area contributed by atoms with Gasteiger partial charge in [-0.15, -0.1) is 0 Å². The standard InChI is InChI=1S/C14H20N4/c1-2-9-15-11-14-16-12-18(17-14)10-8-13-6-4-3-5-7-13/h3-7,12,15H,2,8-11H2,1H3. The van der Waals surface area contributed by atoms with Crippen molar-refractivity contribution in [3.05, 3.63) is 48.0 Å². The molecule has 1 N–H and O–H groups in total. The fourth-order valence-corrected chi connectivity index (χ4v) is 1.79. The molecule has 18 heavy (non-hydrogen) atoms. The third kappa shape index (κ3) is 3.96. The lowest BCUT2D eigenvalue weighted by Crippen LogP contribution is -2.15. The van der Waals surface area contributed by atoms with E-state index in [4.69, 9.17) is 0 Å². The number of hydrogen-bond donors (Lipinski definition) is 1. The van der Waals surface area contributed by atoms with E-state index in [1.165, 1.54) is 5.56 Å². The largest absolute Gasteiger partial charge is 0.310 e. The number of hydrogen-bond acceptors (Lipinski definition) is 3. The maximum Gasteiger partial charge on any atom is 0.164 e. The predicted octanol–water partition coefficient (Wildman–Crippen LogP) is 2.02. The lowest BCUT2D eigenvalue weighted by molar-refractivity contribution is 0.590. The molecule has 0 fully saturated rings. The summed E-state index contributed by atoms with van der Waals surface area (Å²) in [5.41, 5.74) is 1.33. The molecule has 4 nitrogen and oxygen atoms in total. The lowest BCUT2D eigenvalue weighted by Gasteiger charge is -2.01. The molecule has 1 aromatic carbocycles. The Hall–Kier alpha value is -1.68. The number of rotatable bonds is 7. The average molecular weight is 244 g/mol. The van der Waals surface area contributed by atoms with E-state index < -0.39 is 0 Å². The van der Waals surface area contributed by atoms with Gasteiger partial charge in [-0.2, -0.15) is 5.10 Å². The Morgan fingerprint density at radius 2 is 2.06 bits per heavy atom. The second-order valence-electron chi connectivity index (χ2n) is 4.34. The van der Waals surface area contributed by atoms with Crippen LogP contribution in [0.5, 0.6) is 0 Å². The van der Waals surface area contributed by atoms with E-state index in [0.29, 0.717) is 0 Å². The van der Waals surface area contributed by atoms with Crippen molar-refractivity contribution in [1.29, 1.82) is 0 Å². The Kier molecular flexibility index (Phi) is 4.90. The number of aromatic nitrogens is 3. The molecule has 0 unspecified atom stereocenters. The Labute approximate surface area is 108 Å². The van der Waals surface area contributed by atoms with E-state index >= 15 is 0 Å². The molecule has 2 aromatic rings. The SMILES string of the molecule is CCCNCc1ncn(CCc2ccccc2)n1. The van der Waals surface area contributed by atoms with Crippen molar-refractivity contribution >= 4 is 0 Å². The van der Waals surface area contributed by atoms with Crippen molar-refractivity contribution in [1.82, 2.24) is 20.1 Å². The van der Waals surface area contributed by atoms with E-state index in [0.717, 1.165) is 38.3 Å². The third-order valence-electron chi connectivity index (χ3n) is 2.77. The molecule has 0 aliphatic rings. The molecule has 0 aliphatic heterocycles. The van der Waals surface area contributed by atoms with Gasteiger partial charge < -0.3 is 5.32 Å². The summed E-state index contributed by atoms with van der Waals surface area (Å²) in [5, 5.41) is 7.74. The highest BCUT2D eigenvalue weighted by Gasteiger charge is 2.00. The highest BCUT2D eigenvalue weighted by atomic mass is 15.3. The molecule has 1 aromatic heterocycles. The normalized spacial score (nSPS) is 10.7. The van der Waals surface area contributed by atoms with Crippen molar-refractivity contribution in [3.8, 4) is 0 Å². The Bertz CT molecular complexity index is 450. The van der Waals surface area contributed by atoms with Crippen LogP contribution < -0.4 is 5.32 Å². The predicted molar refractivity (Wildman–Crippen MR) is 72.2 cm³/mol. The van der Waals surface area contributed by atoms with Gasteiger partial charge in [0, 0.05) is 6.54 Å². The van der Waals surface area contributed by atoms with Crippen LogP contribution in [0.2, 0.25) is 0 Å². The van der Waals surface area contributed by atoms with Gasteiger partial charge >= 0.3 is 0 Å². The van der Waals surface area contributed by atoms with Crippen LogP contribution in [0.25, 0.3) is 0 Å². The van der Waals surface area contributed by atoms with Gasteiger partial charge in [0.25, 0.3) is 0 Å². The fourth-order valence-electron chi connectivity index (χ4n) is 1.79. The van der Waals surface area contributed by atoms with Gasteiger partial charge in [-0.1, -0.05) is 37.3 Å². The van der Waals surface area contributed by atoms with E-state index in [-0.39, 0.29) is 0 Å². The minimum Gasteiger partial charge on any atom is -0.310 e. The number of nitrogens with zero attached hydrogens (tertiary/aromatic N) is 3. The summed E-state index contributed by atoms with van der Waals surface area (Å²) in [5.74, 6) is 0.872. The van der Waals surface area contributed by atoms with Crippen LogP contribution in [0.3, 0.4) is 0 Å². The van der Waals surface area contributed by atoms with E-state index in [1.807, 2.05) is 17.1 Å². The van der Waals surface area contributed by atoms with E-state index in [1.54, 1.807) is 0 Å². The molecular formula is C14H20N4. The number of nitrogens with one attached hydrogen (secondary N) is 1. The molecule has 0 radical (unpaired) electrons. The van der Waals surface area contributed by atoms with Crippen molar-refractivity contribution in [2.24, 2.45) is 0 Å². The Morgan fingerprint density at radius 1 is 1.22 bits per heavy atom. The fraction of sp³-hybridized carbons (Fsp3) is 0.429. The van der Waals surface area contributed by atoms with Gasteiger partial charge in [-0.3, -0.25) is 4.68 Å². The van der Waals surface area contributed by atoms with Crippen LogP contribution in [0.4, 0.5) is 0 Å². The smallest absolute Gasteiger partial charge is 0.164 e. The number of benzene rings is 1. The summed E-state index contributed by atoms with van der Waals surface area (Å²) in [4.78, 5) is 4.29. The second-order valence-corrected chi connectivity index (χ2v) is 4.34. The monoisotopic (exact) mass is 244 g/mol. The molecule has 4 heteroatoms. The minimum absolute atomic E-state index is 0.756. The van der Waals surface area contributed by atoms with Crippen LogP contribution in [-0.4, -0.2) is 21.3 Å². The highest BCUT2D eigenvalue weighted by Crippen LogP contribution is 2.01. The van der Waals surface area contributed by atoms with Gasteiger partial charge in [0.05, 0.1) is 6.54 Å². The Balaban J connectivity index is 1.80. The number of aryl methyl sites for hydroxylation is 2. The quantitative estimate of drug-likeness (QED) is 0.758. The van der Waals surface area contributed by atoms with Crippen molar-refractivity contribution in [2.45, 2.75) is 32.9 Å². The van der Waals surface area contributed by atoms with Crippen LogP contribution in [-0.2, 0) is 19.5 Å². The molecular weight excluding hydrogens is 224 g/mol. The molecule has 0 saturated carbocycles. The molecule has 0 aliphatic carbocycles. The third-order valence-corrected chi connectivity index (χ3v) is 2.77. The molecule has 0 spiro atoms. The molecule has 2 rings (SSSR count). The summed E-state index contributed by atoms with van der Waals surface area (Å²) in [6.45, 7) is 4.80. The van der Waals surface area contributed by atoms with Crippen LogP contribution in [0.1, 0.15) is 24.7 Å². The summed E-state index contributed by atoms with van der Waals surface area (Å²) < 4.78 is 1.91. The molecule has 0 atom stereocenters. The summed E-state index contributed by atoms with van der Waals surface area (Å²) in [7, 11) is 0. The second kappa shape index (κ2) is 6.91. The van der Waals surface area contributed by atoms with Crippen LogP contribution >= 0.6 is 0 Å². The lowest BCUT2D eigenvalue weighted by atomic mass is 10.2. The maximum atomic E-state index is 4.44. The topological polar surface area (TPSA) is 42.7 Å². The van der Waals surface area contributed by atoms with Crippen molar-refractivity contribution in [3.63, 3.8) is 0 Å². The summed E-state index contributed by atoms with van der Waals surface area (Å²) in [6.07, 6.45) is 3.94. The Morgan fingerprint density at radius 3 is 2.83 bits per heavy atom. The molecule has 0 amide bonds. The molecule has 0 saturated heterocycles. The molecule has 0 bridgehead atoms. The first-order chi connectivity index (χ1) is 8.88. The summed E-state index contributed by atoms with van der Waals surface area (Å²) >= 11 is 0. The van der Waals surface area contributed by atoms with Gasteiger partial charge in [0.2, 0.25) is 0 Å². The maximum absolute atomic E-state index is 4.44. The van der Waals surface area contributed by atoms with Crippen LogP contribution in [0.15, 0.2) is 36.7 Å². The zero-order chi connectivity index (χ0) is 12.6. The van der Waals surface area contributed by atoms with Crippen molar-refractivity contribution < 1.29 is 0 Å². The summed E-state index contributed by atoms with van der Waals surface area (Å²) in [6, 6.07) is 10.4. The van der Waals surface area contributed by atoms with Crippen molar-refractivity contribution in [2.75, 3.05) is 6.54 Å². The van der Waals surface area contributed by atoms with E-state index in [9.17, 15) is 0 Å². The average Bonchev–Trinajstić information content (AvgIpc) is 2.86. The first kappa shape index (κ1) is 12.8. The van der Waals surface area contributed by atoms with Gasteiger partial charge in [0.1, 0.15) is 6.33 Å². The van der Waals surface area contributed by atoms with Gasteiger partial charge in [0.15, 0.2) is 5.82 Å². The van der Waals surface area contributed by atoms with Gasteiger partial charge in [-0.05, 0) is 24.9 Å². The van der Waals surface area contributed by atoms with E-state index in [2.05, 4.69) is 46.6 Å². The minimum atomic E-state index is 0.756. The first-order valence-electron chi connectivity index (χ1n) is 6.51. The highest BCUT2D eigenvalue weighted by molar-refractivity contribution is 5.14. The van der Waals surface area contributed by atoms with Crippen LogP contribution in [0, 0.1) is 0 Å². The zero-order valence-corrected chi connectivity index (χ0v) is 10.8. The first-order valence-corrected chi connectivity index (χ1v) is 6.51.